The second kappa shape index (κ2) is 8.66. The lowest BCUT2D eigenvalue weighted by molar-refractivity contribution is -0.129. The number of aromatic nitrogens is 1. The minimum absolute atomic E-state index is 0.0522. The van der Waals surface area contributed by atoms with Crippen LogP contribution in [0.2, 0.25) is 0 Å². The molecule has 2 unspecified atom stereocenters. The minimum atomic E-state index is -0.791. The van der Waals surface area contributed by atoms with Crippen LogP contribution < -0.4 is 14.8 Å². The molecule has 2 atom stereocenters. The van der Waals surface area contributed by atoms with E-state index in [0.29, 0.717) is 24.6 Å². The molecular weight excluding hydrogens is 482 g/mol. The van der Waals surface area contributed by atoms with Crippen LogP contribution in [-0.2, 0) is 22.6 Å². The van der Waals surface area contributed by atoms with Crippen molar-refractivity contribution >= 4 is 49.7 Å². The number of para-hydroxylation sites is 3. The fourth-order valence-corrected chi connectivity index (χ4v) is 6.93. The number of thiophene rings is 1. The highest BCUT2D eigenvalue weighted by molar-refractivity contribution is 7.23. The van der Waals surface area contributed by atoms with Gasteiger partial charge < -0.3 is 19.7 Å². The van der Waals surface area contributed by atoms with Gasteiger partial charge in [0.1, 0.15) is 16.1 Å². The molecule has 4 aromatic rings. The van der Waals surface area contributed by atoms with Crippen LogP contribution in [0.1, 0.15) is 24.3 Å². The van der Waals surface area contributed by atoms with Crippen LogP contribution in [0.5, 0.6) is 11.5 Å². The molecule has 9 heteroatoms. The summed E-state index contributed by atoms with van der Waals surface area (Å²) in [6.07, 6.45) is -0.515. The average molecular weight is 506 g/mol. The first-order valence-electron chi connectivity index (χ1n) is 11.5. The van der Waals surface area contributed by atoms with Crippen LogP contribution in [0.25, 0.3) is 20.8 Å². The predicted octanol–water partition coefficient (Wildman–Crippen LogP) is 5.10. The Labute approximate surface area is 210 Å². The highest BCUT2D eigenvalue weighted by Gasteiger charge is 2.36. The van der Waals surface area contributed by atoms with Crippen molar-refractivity contribution in [2.24, 2.45) is 0 Å². The lowest BCUT2D eigenvalue weighted by Crippen LogP contribution is -2.46. The van der Waals surface area contributed by atoms with E-state index in [2.05, 4.69) is 11.4 Å². The molecular formula is C26H23N3O4S2. The molecule has 7 nitrogen and oxygen atoms in total. The van der Waals surface area contributed by atoms with E-state index in [1.807, 2.05) is 48.2 Å². The average Bonchev–Trinajstić information content (AvgIpc) is 3.43. The largest absolute Gasteiger partial charge is 0.482 e. The Morgan fingerprint density at radius 1 is 1.06 bits per heavy atom. The highest BCUT2D eigenvalue weighted by Crippen LogP contribution is 2.46. The number of benzene rings is 2. The SMILES string of the molecule is CC(=O)N1CCc2c(sc(NC(=O)C3Oc4ccccc4OC3C)c2-c2nc3ccccc3s2)C1. The summed E-state index contributed by atoms with van der Waals surface area (Å²) in [5.41, 5.74) is 3.04. The number of anilines is 1. The molecule has 6 rings (SSSR count). The fourth-order valence-electron chi connectivity index (χ4n) is 4.56. The first-order valence-corrected chi connectivity index (χ1v) is 13.1. The van der Waals surface area contributed by atoms with Crippen molar-refractivity contribution in [3.63, 3.8) is 0 Å². The summed E-state index contributed by atoms with van der Waals surface area (Å²) in [7, 11) is 0. The third kappa shape index (κ3) is 3.94. The normalized spacial score (nSPS) is 18.9. The molecule has 4 heterocycles. The van der Waals surface area contributed by atoms with Crippen LogP contribution >= 0.6 is 22.7 Å². The molecule has 2 aromatic heterocycles. The molecule has 0 aliphatic carbocycles. The Hall–Kier alpha value is -3.43. The van der Waals surface area contributed by atoms with Gasteiger partial charge in [0.15, 0.2) is 11.5 Å². The first kappa shape index (κ1) is 22.1. The number of rotatable bonds is 3. The van der Waals surface area contributed by atoms with Crippen molar-refractivity contribution in [3.8, 4) is 22.1 Å². The zero-order valence-electron chi connectivity index (χ0n) is 19.2. The Morgan fingerprint density at radius 2 is 1.80 bits per heavy atom. The van der Waals surface area contributed by atoms with E-state index in [4.69, 9.17) is 14.5 Å². The topological polar surface area (TPSA) is 80.8 Å². The van der Waals surface area contributed by atoms with Gasteiger partial charge in [-0.1, -0.05) is 24.3 Å². The summed E-state index contributed by atoms with van der Waals surface area (Å²) in [6.45, 7) is 4.61. The molecule has 0 saturated carbocycles. The van der Waals surface area contributed by atoms with Crippen LogP contribution in [-0.4, -0.2) is 40.5 Å². The number of hydrogen-bond acceptors (Lipinski definition) is 7. The predicted molar refractivity (Wildman–Crippen MR) is 137 cm³/mol. The summed E-state index contributed by atoms with van der Waals surface area (Å²) in [4.78, 5) is 33.3. The van der Waals surface area contributed by atoms with E-state index in [1.165, 1.54) is 11.3 Å². The number of amides is 2. The van der Waals surface area contributed by atoms with E-state index in [9.17, 15) is 9.59 Å². The molecule has 0 bridgehead atoms. The number of hydrogen-bond donors (Lipinski definition) is 1. The summed E-state index contributed by atoms with van der Waals surface area (Å²) >= 11 is 3.12. The molecule has 178 valence electrons. The van der Waals surface area contributed by atoms with E-state index < -0.39 is 12.2 Å². The second-order valence-corrected chi connectivity index (χ2v) is 10.8. The molecule has 0 spiro atoms. The van der Waals surface area contributed by atoms with Crippen LogP contribution in [0.15, 0.2) is 48.5 Å². The third-order valence-corrected chi connectivity index (χ3v) is 8.53. The van der Waals surface area contributed by atoms with Crippen LogP contribution in [0, 0.1) is 0 Å². The zero-order chi connectivity index (χ0) is 24.1. The maximum Gasteiger partial charge on any atom is 0.269 e. The van der Waals surface area contributed by atoms with Crippen molar-refractivity contribution < 1.29 is 19.1 Å². The van der Waals surface area contributed by atoms with Crippen molar-refractivity contribution in [2.45, 2.75) is 39.0 Å². The Morgan fingerprint density at radius 3 is 2.57 bits per heavy atom. The first-order chi connectivity index (χ1) is 17.0. The maximum absolute atomic E-state index is 13.4. The summed E-state index contributed by atoms with van der Waals surface area (Å²) in [6, 6.07) is 15.4. The molecule has 2 amide bonds. The minimum Gasteiger partial charge on any atom is -0.482 e. The molecule has 0 fully saturated rings. The van der Waals surface area contributed by atoms with Gasteiger partial charge in [0.05, 0.1) is 16.8 Å². The Balaban J connectivity index is 1.37. The molecule has 0 saturated heterocycles. The number of nitrogens with one attached hydrogen (secondary N) is 1. The van der Waals surface area contributed by atoms with Crippen molar-refractivity contribution in [2.75, 3.05) is 11.9 Å². The number of nitrogens with zero attached hydrogens (tertiary/aromatic N) is 2. The Kier molecular flexibility index (Phi) is 5.46. The molecule has 2 aliphatic heterocycles. The van der Waals surface area contributed by atoms with Gasteiger partial charge in [0.25, 0.3) is 5.91 Å². The number of carbonyl (C=O) groups is 2. The van der Waals surface area contributed by atoms with Crippen LogP contribution in [0.3, 0.4) is 0 Å². The van der Waals surface area contributed by atoms with Crippen LogP contribution in [0.4, 0.5) is 5.00 Å². The second-order valence-electron chi connectivity index (χ2n) is 8.68. The van der Waals surface area contributed by atoms with E-state index in [1.54, 1.807) is 24.3 Å². The summed E-state index contributed by atoms with van der Waals surface area (Å²) in [5, 5.41) is 4.73. The smallest absolute Gasteiger partial charge is 0.269 e. The number of carbonyl (C=O) groups excluding carboxylic acids is 2. The van der Waals surface area contributed by atoms with Gasteiger partial charge in [-0.25, -0.2) is 4.98 Å². The van der Waals surface area contributed by atoms with Crippen molar-refractivity contribution in [1.29, 1.82) is 0 Å². The lowest BCUT2D eigenvalue weighted by atomic mass is 10.0. The quantitative estimate of drug-likeness (QED) is 0.419. The molecule has 2 aromatic carbocycles. The van der Waals surface area contributed by atoms with Gasteiger partial charge in [-0.3, -0.25) is 9.59 Å². The standard InChI is InChI=1S/C26H23N3O4S2/c1-14-23(33-19-9-5-4-8-18(19)32-14)24(31)28-26-22(25-27-17-7-3-6-10-20(17)34-25)16-11-12-29(15(2)30)13-21(16)35-26/h3-10,14,23H,11-13H2,1-2H3,(H,28,31). The molecule has 1 N–H and O–H groups in total. The van der Waals surface area contributed by atoms with Crippen molar-refractivity contribution in [1.82, 2.24) is 9.88 Å². The van der Waals surface area contributed by atoms with Gasteiger partial charge in [0.2, 0.25) is 12.0 Å². The fraction of sp³-hybridized carbons (Fsp3) is 0.269. The number of ether oxygens (including phenoxy) is 2. The van der Waals surface area contributed by atoms with Gasteiger partial charge in [-0.2, -0.15) is 0 Å². The van der Waals surface area contributed by atoms with Gasteiger partial charge in [0, 0.05) is 23.9 Å². The third-order valence-electron chi connectivity index (χ3n) is 6.35. The number of fused-ring (bicyclic) bond motifs is 3. The monoisotopic (exact) mass is 505 g/mol. The molecule has 2 aliphatic rings. The van der Waals surface area contributed by atoms with Gasteiger partial charge in [-0.15, -0.1) is 22.7 Å². The number of thiazole rings is 1. The lowest BCUT2D eigenvalue weighted by Gasteiger charge is -2.30. The molecule has 35 heavy (non-hydrogen) atoms. The van der Waals surface area contributed by atoms with E-state index in [-0.39, 0.29) is 11.8 Å². The maximum atomic E-state index is 13.4. The summed E-state index contributed by atoms with van der Waals surface area (Å²) < 4.78 is 13.1. The summed E-state index contributed by atoms with van der Waals surface area (Å²) in [5.74, 6) is 0.975. The van der Waals surface area contributed by atoms with E-state index >= 15 is 0 Å². The van der Waals surface area contributed by atoms with Crippen molar-refractivity contribution in [3.05, 3.63) is 59.0 Å². The zero-order valence-corrected chi connectivity index (χ0v) is 20.9. The van der Waals surface area contributed by atoms with Gasteiger partial charge >= 0.3 is 0 Å². The Bertz CT molecular complexity index is 1430. The van der Waals surface area contributed by atoms with E-state index in [0.717, 1.165) is 42.7 Å². The molecule has 0 radical (unpaired) electrons. The highest BCUT2D eigenvalue weighted by atomic mass is 32.1. The van der Waals surface area contributed by atoms with Gasteiger partial charge in [-0.05, 0) is 43.2 Å².